The van der Waals surface area contributed by atoms with Crippen molar-refractivity contribution in [2.24, 2.45) is 11.7 Å². The van der Waals surface area contributed by atoms with Crippen LogP contribution < -0.4 is 5.73 Å². The lowest BCUT2D eigenvalue weighted by Gasteiger charge is -2.17. The third kappa shape index (κ3) is 3.46. The number of ketones is 1. The summed E-state index contributed by atoms with van der Waals surface area (Å²) < 4.78 is 27.2. The van der Waals surface area contributed by atoms with Crippen LogP contribution in [-0.2, 0) is 4.79 Å². The van der Waals surface area contributed by atoms with E-state index in [2.05, 4.69) is 0 Å². The van der Waals surface area contributed by atoms with Gasteiger partial charge in [-0.1, -0.05) is 24.3 Å². The molecule has 0 saturated heterocycles. The van der Waals surface area contributed by atoms with Crippen LogP contribution in [0, 0.1) is 17.6 Å². The highest BCUT2D eigenvalue weighted by Crippen LogP contribution is 2.24. The summed E-state index contributed by atoms with van der Waals surface area (Å²) in [5, 5.41) is 8.76. The van der Waals surface area contributed by atoms with Crippen molar-refractivity contribution in [1.29, 1.82) is 0 Å². The molecule has 0 fully saturated rings. The Balaban J connectivity index is 2.10. The van der Waals surface area contributed by atoms with Crippen LogP contribution in [0.2, 0.25) is 0 Å². The largest absolute Gasteiger partial charge is 0.480 e. The summed E-state index contributed by atoms with van der Waals surface area (Å²) in [7, 11) is 0. The maximum absolute atomic E-state index is 13.6. The number of carbonyl (C=O) groups excluding carboxylic acids is 1. The number of Topliss-reactive ketones (excluding diaryl/α,β-unsaturated/α-hetero) is 1. The summed E-state index contributed by atoms with van der Waals surface area (Å²) in [5.74, 6) is -3.75. The number of allylic oxidation sites excluding steroid dienone is 4. The smallest absolute Gasteiger partial charge is 0.320 e. The molecule has 1 aromatic rings. The Labute approximate surface area is 125 Å². The van der Waals surface area contributed by atoms with Gasteiger partial charge in [-0.3, -0.25) is 9.59 Å². The molecule has 3 N–H and O–H groups in total. The minimum atomic E-state index is -1.09. The van der Waals surface area contributed by atoms with Crippen molar-refractivity contribution in [2.75, 3.05) is 0 Å². The second-order valence-corrected chi connectivity index (χ2v) is 5.12. The number of carboxylic acid groups (broad SMARTS) is 1. The first-order chi connectivity index (χ1) is 10.4. The highest BCUT2D eigenvalue weighted by atomic mass is 19.1. The van der Waals surface area contributed by atoms with E-state index in [0.717, 1.165) is 12.1 Å². The Morgan fingerprint density at radius 2 is 1.95 bits per heavy atom. The van der Waals surface area contributed by atoms with E-state index in [1.807, 2.05) is 0 Å². The van der Waals surface area contributed by atoms with Crippen LogP contribution in [0.25, 0.3) is 0 Å². The van der Waals surface area contributed by atoms with Crippen molar-refractivity contribution in [3.8, 4) is 0 Å². The average molecular weight is 307 g/mol. The summed E-state index contributed by atoms with van der Waals surface area (Å²) >= 11 is 0. The minimum absolute atomic E-state index is 0.117. The van der Waals surface area contributed by atoms with Crippen molar-refractivity contribution in [3.05, 3.63) is 59.2 Å². The number of carboxylic acids is 1. The van der Waals surface area contributed by atoms with Crippen LogP contribution in [0.3, 0.4) is 0 Å². The van der Waals surface area contributed by atoms with Gasteiger partial charge in [-0.2, -0.15) is 0 Å². The van der Waals surface area contributed by atoms with E-state index in [-0.39, 0.29) is 17.9 Å². The molecule has 2 rings (SSSR count). The molecule has 0 radical (unpaired) electrons. The number of hydrogen-bond donors (Lipinski definition) is 2. The monoisotopic (exact) mass is 307 g/mol. The fourth-order valence-corrected chi connectivity index (χ4v) is 2.29. The van der Waals surface area contributed by atoms with Gasteiger partial charge in [0.15, 0.2) is 5.78 Å². The van der Waals surface area contributed by atoms with Gasteiger partial charge in [0.2, 0.25) is 0 Å². The molecule has 0 saturated carbocycles. The second kappa shape index (κ2) is 6.62. The maximum atomic E-state index is 13.6. The molecular formula is C16H15F2NO3. The van der Waals surface area contributed by atoms with E-state index in [1.54, 1.807) is 12.2 Å². The first-order valence-corrected chi connectivity index (χ1v) is 6.75. The number of rotatable bonds is 5. The molecule has 0 aromatic heterocycles. The normalized spacial score (nSPS) is 18.7. The van der Waals surface area contributed by atoms with Crippen LogP contribution in [0.15, 0.2) is 42.0 Å². The zero-order valence-electron chi connectivity index (χ0n) is 11.6. The van der Waals surface area contributed by atoms with Gasteiger partial charge in [-0.05, 0) is 30.9 Å². The average Bonchev–Trinajstić information content (AvgIpc) is 2.47. The third-order valence-corrected chi connectivity index (χ3v) is 3.51. The molecule has 2 unspecified atom stereocenters. The molecule has 1 aromatic carbocycles. The zero-order chi connectivity index (χ0) is 16.3. The second-order valence-electron chi connectivity index (χ2n) is 5.12. The lowest BCUT2D eigenvalue weighted by molar-refractivity contribution is -0.138. The van der Waals surface area contributed by atoms with Crippen LogP contribution in [0.4, 0.5) is 8.78 Å². The number of carbonyl (C=O) groups is 2. The van der Waals surface area contributed by atoms with Gasteiger partial charge in [-0.25, -0.2) is 8.78 Å². The van der Waals surface area contributed by atoms with E-state index in [0.29, 0.717) is 6.42 Å². The van der Waals surface area contributed by atoms with Crippen LogP contribution >= 0.6 is 0 Å². The Kier molecular flexibility index (Phi) is 4.82. The lowest BCUT2D eigenvalue weighted by Crippen LogP contribution is -2.32. The highest BCUT2D eigenvalue weighted by molar-refractivity contribution is 6.11. The van der Waals surface area contributed by atoms with Gasteiger partial charge in [0, 0.05) is 5.57 Å². The molecule has 0 aliphatic heterocycles. The summed E-state index contributed by atoms with van der Waals surface area (Å²) in [4.78, 5) is 22.9. The fraction of sp³-hybridized carbons (Fsp3) is 0.250. The summed E-state index contributed by atoms with van der Waals surface area (Å²) in [6.07, 6.45) is 5.28. The Morgan fingerprint density at radius 3 is 2.45 bits per heavy atom. The molecule has 6 heteroatoms. The molecule has 1 aliphatic rings. The molecule has 2 atom stereocenters. The van der Waals surface area contributed by atoms with E-state index >= 15 is 0 Å². The predicted molar refractivity (Wildman–Crippen MR) is 76.2 cm³/mol. The fourth-order valence-electron chi connectivity index (χ4n) is 2.29. The van der Waals surface area contributed by atoms with Gasteiger partial charge >= 0.3 is 5.97 Å². The molecule has 0 heterocycles. The first-order valence-electron chi connectivity index (χ1n) is 6.75. The van der Waals surface area contributed by atoms with Crippen molar-refractivity contribution < 1.29 is 23.5 Å². The first kappa shape index (κ1) is 16.0. The number of halogens is 2. The predicted octanol–water partition coefficient (Wildman–Crippen LogP) is 2.45. The standard InChI is InChI=1S/C16H15F2NO3/c17-11-2-1-3-12(18)14(11)15(20)10-6-4-9(5-7-10)8-13(19)16(21)22/h1-4,6-7,9,13H,5,8,19H2,(H,21,22). The van der Waals surface area contributed by atoms with Crippen molar-refractivity contribution >= 4 is 11.8 Å². The Bertz CT molecular complexity index is 647. The minimum Gasteiger partial charge on any atom is -0.480 e. The number of aliphatic carboxylic acids is 1. The molecule has 0 spiro atoms. The molecule has 22 heavy (non-hydrogen) atoms. The highest BCUT2D eigenvalue weighted by Gasteiger charge is 2.23. The zero-order valence-corrected chi connectivity index (χ0v) is 11.6. The maximum Gasteiger partial charge on any atom is 0.320 e. The van der Waals surface area contributed by atoms with Crippen molar-refractivity contribution in [3.63, 3.8) is 0 Å². The number of nitrogens with two attached hydrogens (primary N) is 1. The van der Waals surface area contributed by atoms with Gasteiger partial charge in [-0.15, -0.1) is 0 Å². The molecule has 0 amide bonds. The van der Waals surface area contributed by atoms with Crippen LogP contribution in [0.5, 0.6) is 0 Å². The van der Waals surface area contributed by atoms with E-state index in [9.17, 15) is 18.4 Å². The molecule has 1 aliphatic carbocycles. The molecule has 0 bridgehead atoms. The molecule has 4 nitrogen and oxygen atoms in total. The third-order valence-electron chi connectivity index (χ3n) is 3.51. The van der Waals surface area contributed by atoms with Gasteiger partial charge < -0.3 is 10.8 Å². The Morgan fingerprint density at radius 1 is 1.32 bits per heavy atom. The van der Waals surface area contributed by atoms with Crippen LogP contribution in [-0.4, -0.2) is 22.9 Å². The quantitative estimate of drug-likeness (QED) is 0.819. The summed E-state index contributed by atoms with van der Waals surface area (Å²) in [6.45, 7) is 0. The van der Waals surface area contributed by atoms with Gasteiger partial charge in [0.25, 0.3) is 0 Å². The topological polar surface area (TPSA) is 80.4 Å². The Hall–Kier alpha value is -2.34. The number of hydrogen-bond acceptors (Lipinski definition) is 3. The van der Waals surface area contributed by atoms with E-state index in [1.165, 1.54) is 12.1 Å². The lowest BCUT2D eigenvalue weighted by atomic mass is 9.88. The van der Waals surface area contributed by atoms with Crippen molar-refractivity contribution in [1.82, 2.24) is 0 Å². The van der Waals surface area contributed by atoms with Crippen LogP contribution in [0.1, 0.15) is 23.2 Å². The molecular weight excluding hydrogens is 292 g/mol. The summed E-state index contributed by atoms with van der Waals surface area (Å²) in [6, 6.07) is 2.26. The van der Waals surface area contributed by atoms with E-state index in [4.69, 9.17) is 10.8 Å². The van der Waals surface area contributed by atoms with Gasteiger partial charge in [0.1, 0.15) is 17.7 Å². The summed E-state index contributed by atoms with van der Waals surface area (Å²) in [5.41, 5.74) is 5.05. The van der Waals surface area contributed by atoms with Crippen molar-refractivity contribution in [2.45, 2.75) is 18.9 Å². The number of benzene rings is 1. The molecule has 116 valence electrons. The SMILES string of the molecule is NC(CC1C=CC(C(=O)c2c(F)cccc2F)=CC1)C(=O)O. The van der Waals surface area contributed by atoms with E-state index < -0.39 is 35.0 Å². The van der Waals surface area contributed by atoms with Gasteiger partial charge in [0.05, 0.1) is 5.56 Å².